The Kier molecular flexibility index (Phi) is 15.9. The van der Waals surface area contributed by atoms with E-state index in [1.807, 2.05) is 0 Å². The summed E-state index contributed by atoms with van der Waals surface area (Å²) in [4.78, 5) is 9.32. The number of hydrogen-bond acceptors (Lipinski definition) is 1. The molecule has 0 aromatic rings. The molecule has 0 N–H and O–H groups in total. The van der Waals surface area contributed by atoms with Crippen molar-refractivity contribution in [3.05, 3.63) is 12.2 Å². The van der Waals surface area contributed by atoms with E-state index in [1.54, 1.807) is 13.0 Å². The smallest absolute Gasteiger partial charge is 1.00 e. The molecule has 1 nitrogen and oxygen atoms in total. The Morgan fingerprint density at radius 2 is 2.17 bits per heavy atom. The molecule has 0 amide bonds. The van der Waals surface area contributed by atoms with Crippen LogP contribution in [-0.2, 0) is 4.79 Å². The van der Waals surface area contributed by atoms with Gasteiger partial charge in [0, 0.05) is 0 Å². The first-order chi connectivity index (χ1) is 2.41. The van der Waals surface area contributed by atoms with Gasteiger partial charge in [0.25, 0.3) is 0 Å². The second kappa shape index (κ2) is 9.40. The zero-order valence-corrected chi connectivity index (χ0v) is 7.26. The molecule has 0 saturated heterocycles. The van der Waals surface area contributed by atoms with Gasteiger partial charge in [-0.25, -0.2) is 0 Å². The second-order valence-corrected chi connectivity index (χ2v) is 0.662. The first-order valence-electron chi connectivity index (χ1n) is 1.48. The Balaban J connectivity index is -0.0000000800. The van der Waals surface area contributed by atoms with Gasteiger partial charge in [-0.05, 0) is 13.0 Å². The van der Waals surface area contributed by atoms with Crippen LogP contribution in [0.25, 0.3) is 0 Å². The Bertz CT molecular complexity index is 53.7. The van der Waals surface area contributed by atoms with Crippen LogP contribution in [0.1, 0.15) is 8.35 Å². The Labute approximate surface area is 81.7 Å². The van der Waals surface area contributed by atoms with E-state index in [2.05, 4.69) is 0 Å². The van der Waals surface area contributed by atoms with Gasteiger partial charge in [-0.1, -0.05) is 6.08 Å². The number of hydrogen-bond donors (Lipinski definition) is 0. The third-order valence-electron chi connectivity index (χ3n) is 0.271. The number of carbonyl (C=O) groups is 1. The average molecular weight is 110 g/mol. The van der Waals surface area contributed by atoms with Gasteiger partial charge in [0.15, 0.2) is 0 Å². The minimum Gasteiger partial charge on any atom is -1.00 e. The molecule has 0 heterocycles. The van der Waals surface area contributed by atoms with Gasteiger partial charge in [-0.3, -0.25) is 4.79 Å². The van der Waals surface area contributed by atoms with Crippen LogP contribution >= 0.6 is 0 Å². The number of rotatable bonds is 1. The van der Waals surface area contributed by atoms with E-state index < -0.39 is 0 Å². The van der Waals surface area contributed by atoms with Crippen molar-refractivity contribution < 1.29 is 57.6 Å². The Hall–Kier alpha value is 1.05. The monoisotopic (exact) mass is 110 g/mol. The van der Waals surface area contributed by atoms with Crippen LogP contribution in [0, 0.1) is 0 Å². The summed E-state index contributed by atoms with van der Waals surface area (Å²) in [5.41, 5.74) is 0. The summed E-state index contributed by atoms with van der Waals surface area (Å²) in [7, 11) is 0. The van der Waals surface area contributed by atoms with E-state index >= 15 is 0 Å². The van der Waals surface area contributed by atoms with Crippen LogP contribution in [-0.4, -0.2) is 6.29 Å². The normalized spacial score (nSPS) is 7.50. The van der Waals surface area contributed by atoms with Crippen LogP contribution in [0.15, 0.2) is 12.2 Å². The Morgan fingerprint density at radius 3 is 2.17 bits per heavy atom. The van der Waals surface area contributed by atoms with Gasteiger partial charge in [-0.15, -0.1) is 0 Å². The van der Waals surface area contributed by atoms with E-state index in [0.717, 1.165) is 6.29 Å². The van der Waals surface area contributed by atoms with E-state index in [4.69, 9.17) is 0 Å². The van der Waals surface area contributed by atoms with Crippen LogP contribution in [0.3, 0.4) is 0 Å². The summed E-state index contributed by atoms with van der Waals surface area (Å²) in [5, 5.41) is 0. The quantitative estimate of drug-likeness (QED) is 0.214. The van der Waals surface area contributed by atoms with Crippen LogP contribution < -0.4 is 51.4 Å². The summed E-state index contributed by atoms with van der Waals surface area (Å²) in [6.07, 6.45) is 3.88. The van der Waals surface area contributed by atoms with E-state index in [9.17, 15) is 4.79 Å². The predicted octanol–water partition coefficient (Wildman–Crippen LogP) is -2.12. The molecule has 0 spiro atoms. The Morgan fingerprint density at radius 1 is 1.67 bits per heavy atom. The molecule has 0 fully saturated rings. The molecular formula is C4H7KO. The van der Waals surface area contributed by atoms with Gasteiger partial charge < -0.3 is 1.43 Å². The molecule has 0 bridgehead atoms. The molecule has 0 aliphatic heterocycles. The molecule has 0 atom stereocenters. The van der Waals surface area contributed by atoms with Crippen molar-refractivity contribution in [2.24, 2.45) is 0 Å². The zero-order valence-electron chi connectivity index (χ0n) is 5.14. The molecule has 0 aliphatic carbocycles. The van der Waals surface area contributed by atoms with Crippen LogP contribution in [0.2, 0.25) is 0 Å². The summed E-state index contributed by atoms with van der Waals surface area (Å²) >= 11 is 0. The van der Waals surface area contributed by atoms with Crippen molar-refractivity contribution in [1.82, 2.24) is 0 Å². The largest absolute Gasteiger partial charge is 1.00 e. The van der Waals surface area contributed by atoms with Crippen molar-refractivity contribution in [3.63, 3.8) is 0 Å². The van der Waals surface area contributed by atoms with E-state index in [-0.39, 0.29) is 52.8 Å². The topological polar surface area (TPSA) is 17.1 Å². The third-order valence-corrected chi connectivity index (χ3v) is 0.271. The molecular weight excluding hydrogens is 103 g/mol. The minimum absolute atomic E-state index is 0. The van der Waals surface area contributed by atoms with Gasteiger partial charge in [-0.2, -0.15) is 0 Å². The molecule has 2 heteroatoms. The maximum Gasteiger partial charge on any atom is 1.00 e. The second-order valence-electron chi connectivity index (χ2n) is 0.662. The average Bonchev–Trinajstić information content (AvgIpc) is 1.41. The van der Waals surface area contributed by atoms with Crippen LogP contribution in [0.4, 0.5) is 0 Å². The standard InChI is InChI=1S/C4H6O.K.H/c1-2-3-4-5;;/h2-4H,1H3;;/q;+1;-1. The zero-order chi connectivity index (χ0) is 4.12. The van der Waals surface area contributed by atoms with Crippen molar-refractivity contribution in [2.45, 2.75) is 6.92 Å². The van der Waals surface area contributed by atoms with E-state index in [1.165, 1.54) is 6.08 Å². The minimum atomic E-state index is 0. The third kappa shape index (κ3) is 8.90. The van der Waals surface area contributed by atoms with Crippen molar-refractivity contribution >= 4 is 6.29 Å². The fourth-order valence-corrected chi connectivity index (χ4v) is 0.0786. The number of allylic oxidation sites excluding steroid dienone is 2. The van der Waals surface area contributed by atoms with Gasteiger partial charge in [0.05, 0.1) is 0 Å². The summed E-state index contributed by atoms with van der Waals surface area (Å²) in [6, 6.07) is 0. The van der Waals surface area contributed by atoms with Gasteiger partial charge in [0.2, 0.25) is 0 Å². The molecule has 0 saturated carbocycles. The van der Waals surface area contributed by atoms with Gasteiger partial charge in [0.1, 0.15) is 6.29 Å². The van der Waals surface area contributed by atoms with Crippen molar-refractivity contribution in [3.8, 4) is 0 Å². The van der Waals surface area contributed by atoms with Gasteiger partial charge >= 0.3 is 51.4 Å². The van der Waals surface area contributed by atoms with Crippen molar-refractivity contribution in [2.75, 3.05) is 0 Å². The maximum absolute atomic E-state index is 9.32. The molecule has 0 aromatic carbocycles. The number of aldehydes is 1. The van der Waals surface area contributed by atoms with Crippen molar-refractivity contribution in [1.29, 1.82) is 0 Å². The maximum atomic E-state index is 9.32. The predicted molar refractivity (Wildman–Crippen MR) is 22.0 cm³/mol. The molecule has 0 aliphatic rings. The van der Waals surface area contributed by atoms with Crippen LogP contribution in [0.5, 0.6) is 0 Å². The molecule has 6 heavy (non-hydrogen) atoms. The summed E-state index contributed by atoms with van der Waals surface area (Å²) in [6.45, 7) is 1.80. The first-order valence-corrected chi connectivity index (χ1v) is 1.48. The molecule has 0 rings (SSSR count). The summed E-state index contributed by atoms with van der Waals surface area (Å²) in [5.74, 6) is 0. The molecule has 0 unspecified atom stereocenters. The first kappa shape index (κ1) is 10.1. The molecule has 0 aromatic heterocycles. The summed E-state index contributed by atoms with van der Waals surface area (Å²) < 4.78 is 0. The van der Waals surface area contributed by atoms with E-state index in [0.29, 0.717) is 0 Å². The SMILES string of the molecule is CC=CC=O.[H-].[K+]. The fraction of sp³-hybridized carbons (Fsp3) is 0.250. The fourth-order valence-electron chi connectivity index (χ4n) is 0.0786. The molecule has 30 valence electrons. The number of carbonyl (C=O) groups excluding carboxylic acids is 1. The molecule has 0 radical (unpaired) electrons.